The van der Waals surface area contributed by atoms with E-state index in [1.54, 1.807) is 0 Å². The van der Waals surface area contributed by atoms with Crippen LogP contribution in [0.2, 0.25) is 0 Å². The molecule has 0 aliphatic rings. The minimum Gasteiger partial charge on any atom is -0.497 e. The molecule has 0 atom stereocenters. The maximum atomic E-state index is 13.8. The average Bonchev–Trinajstić information content (AvgIpc) is 2.35. The number of rotatable bonds is 4. The number of hydrogen-bond donors (Lipinski definition) is 0. The van der Waals surface area contributed by atoms with Crippen LogP contribution in [0.5, 0.6) is 5.75 Å². The van der Waals surface area contributed by atoms with Crippen molar-refractivity contribution in [3.8, 4) is 5.75 Å². The number of ketones is 1. The van der Waals surface area contributed by atoms with Gasteiger partial charge in [-0.2, -0.15) is 0 Å². The van der Waals surface area contributed by atoms with Gasteiger partial charge in [0.1, 0.15) is 17.4 Å². The molecule has 0 spiro atoms. The van der Waals surface area contributed by atoms with E-state index in [2.05, 4.69) is 0 Å². The van der Waals surface area contributed by atoms with E-state index >= 15 is 0 Å². The van der Waals surface area contributed by atoms with Crippen LogP contribution in [-0.2, 0) is 4.79 Å². The highest BCUT2D eigenvalue weighted by molar-refractivity contribution is 5.98. The van der Waals surface area contributed by atoms with Crippen LogP contribution >= 0.6 is 0 Å². The fourth-order valence-corrected chi connectivity index (χ4v) is 1.48. The van der Waals surface area contributed by atoms with Gasteiger partial charge in [-0.15, -0.1) is 0 Å². The van der Waals surface area contributed by atoms with Crippen molar-refractivity contribution >= 4 is 11.4 Å². The van der Waals surface area contributed by atoms with Crippen molar-refractivity contribution in [2.45, 2.75) is 13.8 Å². The van der Waals surface area contributed by atoms with Crippen molar-refractivity contribution in [1.29, 1.82) is 0 Å². The number of hydrogen-bond acceptors (Lipinski definition) is 2. The molecule has 0 amide bonds. The van der Waals surface area contributed by atoms with Gasteiger partial charge in [-0.3, -0.25) is 4.79 Å². The Morgan fingerprint density at radius 3 is 2.50 bits per heavy atom. The van der Waals surface area contributed by atoms with E-state index in [4.69, 9.17) is 4.74 Å². The first-order valence-electron chi connectivity index (χ1n) is 5.38. The summed E-state index contributed by atoms with van der Waals surface area (Å²) in [5.74, 6) is -1.30. The van der Waals surface area contributed by atoms with Gasteiger partial charge in [0.15, 0.2) is 5.78 Å². The van der Waals surface area contributed by atoms with E-state index < -0.39 is 11.6 Å². The quantitative estimate of drug-likeness (QED) is 0.603. The minimum atomic E-state index is -0.644. The second kappa shape index (κ2) is 6.10. The van der Waals surface area contributed by atoms with Crippen molar-refractivity contribution in [2.75, 3.05) is 7.11 Å². The molecule has 1 rings (SSSR count). The Labute approximate surface area is 105 Å². The van der Waals surface area contributed by atoms with Gasteiger partial charge in [-0.05, 0) is 32.1 Å². The van der Waals surface area contributed by atoms with Crippen LogP contribution < -0.4 is 4.74 Å². The maximum Gasteiger partial charge on any atom is 0.153 e. The summed E-state index contributed by atoms with van der Waals surface area (Å²) in [4.78, 5) is 11.1. The predicted octanol–water partition coefficient (Wildman–Crippen LogP) is 3.68. The Bertz CT molecular complexity index is 517. The molecule has 1 aromatic carbocycles. The van der Waals surface area contributed by atoms with Gasteiger partial charge in [0.2, 0.25) is 0 Å². The molecule has 0 saturated heterocycles. The summed E-state index contributed by atoms with van der Waals surface area (Å²) in [6.45, 7) is 2.76. The summed E-state index contributed by atoms with van der Waals surface area (Å²) in [7, 11) is 1.41. The van der Waals surface area contributed by atoms with Crippen molar-refractivity contribution in [3.63, 3.8) is 0 Å². The topological polar surface area (TPSA) is 26.3 Å². The van der Waals surface area contributed by atoms with Crippen LogP contribution in [0.15, 0.2) is 36.2 Å². The molecule has 0 aliphatic carbocycles. The Kier molecular flexibility index (Phi) is 4.77. The lowest BCUT2D eigenvalue weighted by molar-refractivity contribution is -0.112. The smallest absolute Gasteiger partial charge is 0.153 e. The molecule has 18 heavy (non-hydrogen) atoms. The van der Waals surface area contributed by atoms with Crippen molar-refractivity contribution in [2.24, 2.45) is 0 Å². The van der Waals surface area contributed by atoms with E-state index in [0.29, 0.717) is 5.75 Å². The number of ether oxygens (including phenoxy) is 1. The monoisotopic (exact) mass is 252 g/mol. The van der Waals surface area contributed by atoms with E-state index in [0.717, 1.165) is 12.1 Å². The fraction of sp³-hybridized carbons (Fsp3) is 0.214. The van der Waals surface area contributed by atoms with E-state index in [9.17, 15) is 13.6 Å². The molecule has 1 aromatic rings. The molecular weight excluding hydrogens is 238 g/mol. The summed E-state index contributed by atoms with van der Waals surface area (Å²) in [6.07, 6.45) is 2.25. The van der Waals surface area contributed by atoms with Gasteiger partial charge in [0, 0.05) is 17.2 Å². The molecule has 0 fully saturated rings. The first kappa shape index (κ1) is 14.1. The summed E-state index contributed by atoms with van der Waals surface area (Å²) in [5.41, 5.74) is -0.0354. The van der Waals surface area contributed by atoms with Crippen molar-refractivity contribution in [1.82, 2.24) is 0 Å². The van der Waals surface area contributed by atoms with Gasteiger partial charge in [-0.25, -0.2) is 8.78 Å². The second-order valence-corrected chi connectivity index (χ2v) is 3.65. The van der Waals surface area contributed by atoms with Crippen molar-refractivity contribution in [3.05, 3.63) is 47.6 Å². The molecule has 4 heteroatoms. The van der Waals surface area contributed by atoms with Crippen LogP contribution in [0, 0.1) is 5.82 Å². The van der Waals surface area contributed by atoms with E-state index in [1.807, 2.05) is 0 Å². The first-order valence-corrected chi connectivity index (χ1v) is 5.38. The number of carbonyl (C=O) groups is 1. The SMILES string of the molecule is C/C=C(F)\C(=C/C(C)=O)c1ccc(OC)cc1F. The zero-order valence-electron chi connectivity index (χ0n) is 10.5. The molecular formula is C14H14F2O2. The van der Waals surface area contributed by atoms with E-state index in [1.165, 1.54) is 39.2 Å². The summed E-state index contributed by atoms with van der Waals surface area (Å²) in [5, 5.41) is 0. The summed E-state index contributed by atoms with van der Waals surface area (Å²) < 4.78 is 32.3. The van der Waals surface area contributed by atoms with Crippen LogP contribution in [0.3, 0.4) is 0 Å². The first-order chi connectivity index (χ1) is 8.49. The van der Waals surface area contributed by atoms with Crippen LogP contribution in [0.25, 0.3) is 5.57 Å². The lowest BCUT2D eigenvalue weighted by atomic mass is 10.0. The molecule has 0 bridgehead atoms. The summed E-state index contributed by atoms with van der Waals surface area (Å²) in [6, 6.07) is 4.04. The molecule has 0 aromatic heterocycles. The molecule has 2 nitrogen and oxygen atoms in total. The van der Waals surface area contributed by atoms with Crippen LogP contribution in [0.1, 0.15) is 19.4 Å². The van der Waals surface area contributed by atoms with Gasteiger partial charge in [-0.1, -0.05) is 6.08 Å². The normalized spacial score (nSPS) is 12.5. The number of benzene rings is 1. The lowest BCUT2D eigenvalue weighted by Crippen LogP contribution is -1.95. The van der Waals surface area contributed by atoms with Gasteiger partial charge in [0.05, 0.1) is 7.11 Å². The van der Waals surface area contributed by atoms with E-state index in [-0.39, 0.29) is 16.9 Å². The Balaban J connectivity index is 3.35. The summed E-state index contributed by atoms with van der Waals surface area (Å²) >= 11 is 0. The number of carbonyl (C=O) groups excluding carboxylic acids is 1. The van der Waals surface area contributed by atoms with Crippen LogP contribution in [-0.4, -0.2) is 12.9 Å². The molecule has 0 saturated carbocycles. The Morgan fingerprint density at radius 1 is 1.39 bits per heavy atom. The zero-order chi connectivity index (χ0) is 13.7. The van der Waals surface area contributed by atoms with Crippen molar-refractivity contribution < 1.29 is 18.3 Å². The molecule has 0 unspecified atom stereocenters. The minimum absolute atomic E-state index is 0.0293. The maximum absolute atomic E-state index is 13.8. The predicted molar refractivity (Wildman–Crippen MR) is 66.5 cm³/mol. The third-order valence-electron chi connectivity index (χ3n) is 2.32. The Morgan fingerprint density at radius 2 is 2.06 bits per heavy atom. The standard InChI is InChI=1S/C14H14F2O2/c1-4-13(15)12(7-9(2)17)11-6-5-10(18-3)8-14(11)16/h4-8H,1-3H3/b12-7-,13-4+. The zero-order valence-corrected chi connectivity index (χ0v) is 10.5. The molecule has 0 heterocycles. The van der Waals surface area contributed by atoms with Gasteiger partial charge in [0.25, 0.3) is 0 Å². The average molecular weight is 252 g/mol. The van der Waals surface area contributed by atoms with Gasteiger partial charge >= 0.3 is 0 Å². The molecule has 96 valence electrons. The third kappa shape index (κ3) is 3.26. The highest BCUT2D eigenvalue weighted by atomic mass is 19.1. The third-order valence-corrected chi connectivity index (χ3v) is 2.32. The highest BCUT2D eigenvalue weighted by Gasteiger charge is 2.13. The molecule has 0 N–H and O–H groups in total. The molecule has 0 radical (unpaired) electrons. The van der Waals surface area contributed by atoms with Gasteiger partial charge < -0.3 is 4.74 Å². The fourth-order valence-electron chi connectivity index (χ4n) is 1.48. The van der Waals surface area contributed by atoms with Crippen LogP contribution in [0.4, 0.5) is 8.78 Å². The lowest BCUT2D eigenvalue weighted by Gasteiger charge is -2.08. The molecule has 0 aliphatic heterocycles. The number of halogens is 2. The largest absolute Gasteiger partial charge is 0.497 e. The second-order valence-electron chi connectivity index (χ2n) is 3.65. The number of methoxy groups -OCH3 is 1. The number of allylic oxidation sites excluding steroid dienone is 4. The highest BCUT2D eigenvalue weighted by Crippen LogP contribution is 2.28. The Hall–Kier alpha value is -1.97.